The molecule has 0 aliphatic carbocycles. The van der Waals surface area contributed by atoms with Crippen molar-refractivity contribution >= 4 is 40.3 Å². The van der Waals surface area contributed by atoms with Crippen LogP contribution in [0.2, 0.25) is 5.02 Å². The third-order valence-corrected chi connectivity index (χ3v) is 3.20. The van der Waals surface area contributed by atoms with Gasteiger partial charge in [-0.25, -0.2) is 10.8 Å². The minimum absolute atomic E-state index is 0.174. The molecule has 0 spiro atoms. The Hall–Kier alpha value is -2.38. The Kier molecular flexibility index (Phi) is 6.09. The molecule has 120 valence electrons. The molecule has 7 nitrogen and oxygen atoms in total. The number of rotatable bonds is 3. The first-order valence-corrected chi connectivity index (χ1v) is 7.14. The van der Waals surface area contributed by atoms with Crippen LogP contribution in [0.4, 0.5) is 28.7 Å². The predicted octanol–water partition coefficient (Wildman–Crippen LogP) is 1.97. The topological polar surface area (TPSA) is 146 Å². The fourth-order valence-electron chi connectivity index (χ4n) is 1.83. The molecular weight excluding hydrogens is 302 g/mol. The van der Waals surface area contributed by atoms with E-state index in [-0.39, 0.29) is 18.2 Å². The zero-order valence-corrected chi connectivity index (χ0v) is 13.4. The lowest BCUT2D eigenvalue weighted by Gasteiger charge is -2.22. The second-order valence-corrected chi connectivity index (χ2v) is 4.71. The number of pyridine rings is 1. The molecular formula is C14H22ClN7. The molecule has 22 heavy (non-hydrogen) atoms. The third kappa shape index (κ3) is 3.84. The van der Waals surface area contributed by atoms with Crippen LogP contribution in [-0.4, -0.2) is 4.98 Å². The summed E-state index contributed by atoms with van der Waals surface area (Å²) in [4.78, 5) is 3.87. The van der Waals surface area contributed by atoms with Crippen LogP contribution >= 0.6 is 11.6 Å². The molecule has 0 aliphatic heterocycles. The summed E-state index contributed by atoms with van der Waals surface area (Å²) in [5, 5.41) is 1.85. The second kappa shape index (κ2) is 7.58. The van der Waals surface area contributed by atoms with Gasteiger partial charge in [0.15, 0.2) is 0 Å². The van der Waals surface area contributed by atoms with Crippen molar-refractivity contribution in [1.29, 1.82) is 0 Å². The van der Waals surface area contributed by atoms with Gasteiger partial charge in [-0.1, -0.05) is 31.5 Å². The highest BCUT2D eigenvalue weighted by Gasteiger charge is 2.13. The van der Waals surface area contributed by atoms with Crippen LogP contribution in [0.5, 0.6) is 0 Å². The highest BCUT2D eigenvalue weighted by atomic mass is 35.5. The molecule has 0 aliphatic rings. The molecule has 0 bridgehead atoms. The van der Waals surface area contributed by atoms with Gasteiger partial charge in [0.25, 0.3) is 0 Å². The Labute approximate surface area is 135 Å². The average Bonchev–Trinajstić information content (AvgIpc) is 2.49. The van der Waals surface area contributed by atoms with E-state index < -0.39 is 0 Å². The van der Waals surface area contributed by atoms with Crippen molar-refractivity contribution in [3.63, 3.8) is 0 Å². The number of para-hydroxylation sites is 1. The summed E-state index contributed by atoms with van der Waals surface area (Å²) >= 11 is 5.96. The number of halogens is 1. The summed E-state index contributed by atoms with van der Waals surface area (Å²) in [6.45, 7) is 4.27. The second-order valence-electron chi connectivity index (χ2n) is 4.31. The number of benzene rings is 1. The van der Waals surface area contributed by atoms with Gasteiger partial charge in [-0.05, 0) is 18.2 Å². The van der Waals surface area contributed by atoms with Crippen LogP contribution in [0.1, 0.15) is 19.4 Å². The molecule has 0 atom stereocenters. The van der Waals surface area contributed by atoms with Gasteiger partial charge in [0, 0.05) is 5.56 Å². The summed E-state index contributed by atoms with van der Waals surface area (Å²) in [5.74, 6) is 6.45. The third-order valence-electron chi connectivity index (χ3n) is 2.87. The number of hydrazine groups is 1. The maximum absolute atomic E-state index is 6.00. The molecule has 1 aromatic heterocycles. The minimum Gasteiger partial charge on any atom is -0.396 e. The number of hydrogen-bond acceptors (Lipinski definition) is 7. The van der Waals surface area contributed by atoms with Crippen LogP contribution in [0.3, 0.4) is 0 Å². The van der Waals surface area contributed by atoms with E-state index in [2.05, 4.69) is 4.98 Å². The molecule has 0 saturated heterocycles. The fourth-order valence-corrected chi connectivity index (χ4v) is 2.00. The lowest BCUT2D eigenvalue weighted by molar-refractivity contribution is 0.856. The fraction of sp³-hybridized carbons (Fsp3) is 0.214. The first kappa shape index (κ1) is 17.7. The molecule has 0 amide bonds. The summed E-state index contributed by atoms with van der Waals surface area (Å²) in [6.07, 6.45) is 0. The highest BCUT2D eigenvalue weighted by Crippen LogP contribution is 2.30. The van der Waals surface area contributed by atoms with Crippen molar-refractivity contribution < 1.29 is 0 Å². The average molecular weight is 324 g/mol. The lowest BCUT2D eigenvalue weighted by atomic mass is 10.2. The first-order chi connectivity index (χ1) is 10.4. The standard InChI is InChI=1S/C12H16ClN7.C2H6/c13-7-2-1-3-8(11(7)16)20(18)5-6-4-9(14)19-12(17)10(6)15;1-2/h1-4H,5,15-16,18H2,(H4,14,17,19);1-2H3. The molecule has 0 radical (unpaired) electrons. The van der Waals surface area contributed by atoms with E-state index in [0.717, 1.165) is 0 Å². The molecule has 1 heterocycles. The van der Waals surface area contributed by atoms with Gasteiger partial charge in [0.1, 0.15) is 11.6 Å². The van der Waals surface area contributed by atoms with Crippen molar-refractivity contribution in [2.24, 2.45) is 5.84 Å². The van der Waals surface area contributed by atoms with Gasteiger partial charge in [0.05, 0.1) is 28.6 Å². The van der Waals surface area contributed by atoms with Crippen molar-refractivity contribution in [3.05, 3.63) is 34.9 Å². The van der Waals surface area contributed by atoms with E-state index in [4.69, 9.17) is 40.4 Å². The number of anilines is 5. The first-order valence-electron chi connectivity index (χ1n) is 6.76. The quantitative estimate of drug-likeness (QED) is 0.329. The van der Waals surface area contributed by atoms with Crippen molar-refractivity contribution in [2.45, 2.75) is 20.4 Å². The normalized spacial score (nSPS) is 9.82. The molecule has 10 N–H and O–H groups in total. The molecule has 0 saturated carbocycles. The monoisotopic (exact) mass is 323 g/mol. The van der Waals surface area contributed by atoms with Gasteiger partial charge in [-0.15, -0.1) is 0 Å². The zero-order chi connectivity index (χ0) is 16.9. The zero-order valence-electron chi connectivity index (χ0n) is 12.7. The Bertz CT molecular complexity index is 645. The summed E-state index contributed by atoms with van der Waals surface area (Å²) in [5.41, 5.74) is 25.1. The number of nitrogens with two attached hydrogens (primary N) is 5. The number of hydrogen-bond donors (Lipinski definition) is 5. The maximum atomic E-state index is 6.00. The van der Waals surface area contributed by atoms with Crippen molar-refractivity contribution in [1.82, 2.24) is 4.98 Å². The Morgan fingerprint density at radius 1 is 1.09 bits per heavy atom. The highest BCUT2D eigenvalue weighted by molar-refractivity contribution is 6.33. The summed E-state index contributed by atoms with van der Waals surface area (Å²) in [7, 11) is 0. The van der Waals surface area contributed by atoms with Crippen LogP contribution in [0, 0.1) is 0 Å². The van der Waals surface area contributed by atoms with E-state index in [1.54, 1.807) is 24.3 Å². The largest absolute Gasteiger partial charge is 0.396 e. The minimum atomic E-state index is 0.174. The molecule has 8 heteroatoms. The van der Waals surface area contributed by atoms with Crippen LogP contribution in [0.25, 0.3) is 0 Å². The lowest BCUT2D eigenvalue weighted by Crippen LogP contribution is -2.31. The van der Waals surface area contributed by atoms with Crippen LogP contribution < -0.4 is 33.8 Å². The predicted molar refractivity (Wildman–Crippen MR) is 95.1 cm³/mol. The van der Waals surface area contributed by atoms with E-state index in [9.17, 15) is 0 Å². The van der Waals surface area contributed by atoms with E-state index in [1.807, 2.05) is 13.8 Å². The van der Waals surface area contributed by atoms with Gasteiger partial charge >= 0.3 is 0 Å². The molecule has 2 rings (SSSR count). The smallest absolute Gasteiger partial charge is 0.149 e. The molecule has 0 fully saturated rings. The van der Waals surface area contributed by atoms with Gasteiger partial charge in [0.2, 0.25) is 0 Å². The van der Waals surface area contributed by atoms with E-state index >= 15 is 0 Å². The maximum Gasteiger partial charge on any atom is 0.149 e. The van der Waals surface area contributed by atoms with Gasteiger partial charge in [-0.2, -0.15) is 0 Å². The molecule has 2 aromatic rings. The van der Waals surface area contributed by atoms with Crippen LogP contribution in [-0.2, 0) is 6.54 Å². The summed E-state index contributed by atoms with van der Waals surface area (Å²) < 4.78 is 0. The van der Waals surface area contributed by atoms with Crippen molar-refractivity contribution in [3.8, 4) is 0 Å². The summed E-state index contributed by atoms with van der Waals surface area (Å²) in [6, 6.07) is 6.81. The van der Waals surface area contributed by atoms with Gasteiger partial charge in [-0.3, -0.25) is 0 Å². The number of nitrogens with zero attached hydrogens (tertiary/aromatic N) is 2. The SMILES string of the molecule is CC.Nc1cc(CN(N)c2cccc(Cl)c2N)c(N)c(N)n1. The van der Waals surface area contributed by atoms with Gasteiger partial charge < -0.3 is 27.9 Å². The van der Waals surface area contributed by atoms with E-state index in [1.165, 1.54) is 5.01 Å². The Balaban J connectivity index is 0.00000116. The van der Waals surface area contributed by atoms with Crippen molar-refractivity contribution in [2.75, 3.05) is 27.9 Å². The Morgan fingerprint density at radius 2 is 1.73 bits per heavy atom. The van der Waals surface area contributed by atoms with Crippen LogP contribution in [0.15, 0.2) is 24.3 Å². The number of nitrogen functional groups attached to an aromatic ring is 4. The number of aromatic nitrogens is 1. The van der Waals surface area contributed by atoms with E-state index in [0.29, 0.717) is 27.6 Å². The molecule has 0 unspecified atom stereocenters. The molecule has 1 aromatic carbocycles. The Morgan fingerprint density at radius 3 is 2.36 bits per heavy atom.